The van der Waals surface area contributed by atoms with Gasteiger partial charge in [-0.1, -0.05) is 36.9 Å². The summed E-state index contributed by atoms with van der Waals surface area (Å²) >= 11 is 0. The number of likely N-dealkylation sites (tertiary alicyclic amines) is 1. The second kappa shape index (κ2) is 11.6. The number of benzene rings is 2. The summed E-state index contributed by atoms with van der Waals surface area (Å²) in [6.07, 6.45) is 6.38. The Morgan fingerprint density at radius 2 is 2.05 bits per heavy atom. The summed E-state index contributed by atoms with van der Waals surface area (Å²) in [5.74, 6) is 1.82. The molecule has 2 saturated heterocycles. The lowest BCUT2D eigenvalue weighted by Crippen LogP contribution is -2.55. The van der Waals surface area contributed by atoms with E-state index in [0.717, 1.165) is 53.0 Å². The lowest BCUT2D eigenvalue weighted by molar-refractivity contribution is -0.128. The number of aromatic nitrogens is 1. The van der Waals surface area contributed by atoms with Crippen LogP contribution in [0.1, 0.15) is 48.3 Å². The summed E-state index contributed by atoms with van der Waals surface area (Å²) in [6, 6.07) is 17.8. The maximum Gasteiger partial charge on any atom is 0.246 e. The molecular weight excluding hydrogens is 548 g/mol. The van der Waals surface area contributed by atoms with E-state index in [1.807, 2.05) is 0 Å². The van der Waals surface area contributed by atoms with Gasteiger partial charge >= 0.3 is 0 Å². The molecule has 44 heavy (non-hydrogen) atoms. The molecule has 8 heteroatoms. The molecule has 3 fully saturated rings. The highest BCUT2D eigenvalue weighted by atomic mass is 16.5. The summed E-state index contributed by atoms with van der Waals surface area (Å²) in [5, 5.41) is 20.6. The first-order valence-corrected chi connectivity index (χ1v) is 15.8. The monoisotopic (exact) mass is 586 g/mol. The molecule has 1 saturated carbocycles. The minimum atomic E-state index is -0.286. The van der Waals surface area contributed by atoms with E-state index >= 15 is 0 Å². The van der Waals surface area contributed by atoms with Gasteiger partial charge in [0.2, 0.25) is 11.8 Å². The van der Waals surface area contributed by atoms with Crippen LogP contribution in [0, 0.1) is 28.6 Å². The van der Waals surface area contributed by atoms with Crippen molar-refractivity contribution in [1.29, 1.82) is 10.5 Å². The Hall–Kier alpha value is -4.40. The molecule has 4 atom stereocenters. The van der Waals surface area contributed by atoms with Crippen molar-refractivity contribution in [1.82, 2.24) is 14.8 Å². The molecule has 0 spiro atoms. The van der Waals surface area contributed by atoms with E-state index in [9.17, 15) is 15.3 Å². The number of carbonyl (C=O) groups is 1. The van der Waals surface area contributed by atoms with Gasteiger partial charge in [-0.05, 0) is 85.5 Å². The van der Waals surface area contributed by atoms with Gasteiger partial charge in [0.25, 0.3) is 0 Å². The highest BCUT2D eigenvalue weighted by Crippen LogP contribution is 2.58. The molecule has 0 bridgehead atoms. The van der Waals surface area contributed by atoms with Gasteiger partial charge in [0.05, 0.1) is 47.8 Å². The average molecular weight is 587 g/mol. The molecule has 1 aromatic heterocycles. The molecule has 8 nitrogen and oxygen atoms in total. The van der Waals surface area contributed by atoms with E-state index in [4.69, 9.17) is 9.72 Å². The summed E-state index contributed by atoms with van der Waals surface area (Å²) in [5.41, 5.74) is 7.95. The molecule has 2 aliphatic carbocycles. The Balaban J connectivity index is 1.34. The van der Waals surface area contributed by atoms with E-state index in [0.29, 0.717) is 44.1 Å². The number of amides is 1. The van der Waals surface area contributed by atoms with E-state index < -0.39 is 0 Å². The van der Waals surface area contributed by atoms with Crippen LogP contribution in [-0.2, 0) is 17.6 Å². The second-order valence-electron chi connectivity index (χ2n) is 12.8. The molecule has 2 aliphatic heterocycles. The van der Waals surface area contributed by atoms with Crippen LogP contribution in [-0.4, -0.2) is 72.6 Å². The largest absolute Gasteiger partial charge is 0.476 e. The number of carbonyl (C=O) groups excluding carboxylic acids is 1. The van der Waals surface area contributed by atoms with Crippen LogP contribution in [0.4, 0.5) is 5.69 Å². The van der Waals surface area contributed by atoms with E-state index in [1.165, 1.54) is 35.6 Å². The van der Waals surface area contributed by atoms with Crippen LogP contribution in [0.25, 0.3) is 22.0 Å². The lowest BCUT2D eigenvalue weighted by atomic mass is 9.93. The van der Waals surface area contributed by atoms with Gasteiger partial charge in [-0.15, -0.1) is 0 Å². The number of pyridine rings is 1. The number of fused-ring (bicyclic) bond motifs is 4. The molecule has 0 radical (unpaired) electrons. The van der Waals surface area contributed by atoms with Crippen LogP contribution in [0.2, 0.25) is 0 Å². The minimum Gasteiger partial charge on any atom is -0.476 e. The molecular formula is C36H38N6O2. The third-order valence-corrected chi connectivity index (χ3v) is 10.2. The molecule has 4 aliphatic rings. The van der Waals surface area contributed by atoms with Crippen molar-refractivity contribution < 1.29 is 9.53 Å². The van der Waals surface area contributed by atoms with Crippen molar-refractivity contribution >= 4 is 22.5 Å². The predicted octanol–water partition coefficient (Wildman–Crippen LogP) is 5.22. The fraction of sp³-hybridized carbons (Fsp3) is 0.444. The number of nitriles is 2. The zero-order valence-corrected chi connectivity index (χ0v) is 25.3. The Morgan fingerprint density at radius 3 is 2.82 bits per heavy atom. The van der Waals surface area contributed by atoms with Crippen molar-refractivity contribution in [2.75, 3.05) is 44.7 Å². The van der Waals surface area contributed by atoms with Gasteiger partial charge < -0.3 is 19.4 Å². The predicted molar refractivity (Wildman–Crippen MR) is 170 cm³/mol. The van der Waals surface area contributed by atoms with Crippen molar-refractivity contribution in [3.63, 3.8) is 0 Å². The molecule has 1 amide bonds. The zero-order chi connectivity index (χ0) is 30.4. The topological polar surface area (TPSA) is 96.5 Å². The van der Waals surface area contributed by atoms with Crippen LogP contribution in [0.5, 0.6) is 5.88 Å². The number of hydrogen-bond acceptors (Lipinski definition) is 7. The van der Waals surface area contributed by atoms with Gasteiger partial charge in [-0.2, -0.15) is 10.5 Å². The third kappa shape index (κ3) is 4.98. The van der Waals surface area contributed by atoms with Gasteiger partial charge in [-0.3, -0.25) is 4.79 Å². The van der Waals surface area contributed by atoms with Crippen molar-refractivity contribution in [2.24, 2.45) is 5.92 Å². The smallest absolute Gasteiger partial charge is 0.246 e. The van der Waals surface area contributed by atoms with Gasteiger partial charge in [-0.25, -0.2) is 4.98 Å². The first-order chi connectivity index (χ1) is 21.5. The second-order valence-corrected chi connectivity index (χ2v) is 12.8. The molecule has 0 N–H and O–H groups in total. The SMILES string of the molecule is C=CC(=O)N1CCN(c2c(CC#N)c(OCC3CCCN3C)nc3cc(-c4cccc5c4C4CC4C5)ccc23)CC1CC#N. The number of piperazine rings is 1. The fourth-order valence-corrected chi connectivity index (χ4v) is 7.85. The summed E-state index contributed by atoms with van der Waals surface area (Å²) in [7, 11) is 2.13. The van der Waals surface area contributed by atoms with Crippen LogP contribution in [0.15, 0.2) is 49.1 Å². The van der Waals surface area contributed by atoms with Crippen molar-refractivity contribution in [3.05, 3.63) is 65.7 Å². The number of anilines is 1. The Labute approximate surface area is 259 Å². The summed E-state index contributed by atoms with van der Waals surface area (Å²) in [6.45, 7) is 6.75. The number of nitrogens with zero attached hydrogens (tertiary/aromatic N) is 6. The van der Waals surface area contributed by atoms with Crippen LogP contribution < -0.4 is 9.64 Å². The highest BCUT2D eigenvalue weighted by molar-refractivity contribution is 5.97. The number of ether oxygens (including phenoxy) is 1. The maximum atomic E-state index is 12.7. The lowest BCUT2D eigenvalue weighted by Gasteiger charge is -2.42. The van der Waals surface area contributed by atoms with Crippen LogP contribution >= 0.6 is 0 Å². The maximum absolute atomic E-state index is 12.7. The minimum absolute atomic E-state index is 0.153. The molecule has 4 unspecified atom stereocenters. The first-order valence-electron chi connectivity index (χ1n) is 15.8. The van der Waals surface area contributed by atoms with Gasteiger partial charge in [0, 0.05) is 31.1 Å². The first kappa shape index (κ1) is 28.4. The van der Waals surface area contributed by atoms with Gasteiger partial charge in [0.15, 0.2) is 0 Å². The zero-order valence-electron chi connectivity index (χ0n) is 25.3. The number of rotatable bonds is 8. The standard InChI is InChI=1S/C36H38N6O2/c1-3-33(43)42-17-16-41(21-26(42)11-13-37)35-29-10-9-23(28-8-4-6-24-18-25-19-31(25)34(24)28)20-32(29)39-36(30(35)12-14-38)44-22-27-7-5-15-40(27)2/h3-4,6,8-10,20,25-27,31H,1,5,7,11-12,15-19,21-22H2,2H3. The fourth-order valence-electron chi connectivity index (χ4n) is 7.85. The van der Waals surface area contributed by atoms with E-state index in [1.54, 1.807) is 4.90 Å². The Kier molecular flexibility index (Phi) is 7.48. The van der Waals surface area contributed by atoms with Crippen LogP contribution in [0.3, 0.4) is 0 Å². The molecule has 3 heterocycles. The summed E-state index contributed by atoms with van der Waals surface area (Å²) < 4.78 is 6.52. The molecule has 7 rings (SSSR count). The normalized spacial score (nSPS) is 24.0. The van der Waals surface area contributed by atoms with E-state index in [2.05, 4.69) is 72.0 Å². The quantitative estimate of drug-likeness (QED) is 0.334. The Morgan fingerprint density at radius 1 is 1.16 bits per heavy atom. The summed E-state index contributed by atoms with van der Waals surface area (Å²) in [4.78, 5) is 24.1. The highest BCUT2D eigenvalue weighted by Gasteiger charge is 2.46. The number of hydrogen-bond donors (Lipinski definition) is 0. The Bertz CT molecular complexity index is 1720. The van der Waals surface area contributed by atoms with Crippen molar-refractivity contribution in [2.45, 2.75) is 56.5 Å². The van der Waals surface area contributed by atoms with Gasteiger partial charge in [0.1, 0.15) is 6.61 Å². The van der Waals surface area contributed by atoms with Crippen molar-refractivity contribution in [3.8, 4) is 29.1 Å². The average Bonchev–Trinajstić information content (AvgIpc) is 3.52. The third-order valence-electron chi connectivity index (χ3n) is 10.2. The molecule has 2 aromatic carbocycles. The molecule has 3 aromatic rings. The van der Waals surface area contributed by atoms with E-state index in [-0.39, 0.29) is 24.8 Å². The molecule has 224 valence electrons. The number of likely N-dealkylation sites (N-methyl/N-ethyl adjacent to an activating group) is 1.